The smallest absolute Gasteiger partial charge is 0.317 e. The van der Waals surface area contributed by atoms with Gasteiger partial charge in [-0.1, -0.05) is 18.2 Å². The van der Waals surface area contributed by atoms with Gasteiger partial charge in [0.25, 0.3) is 0 Å². The van der Waals surface area contributed by atoms with Gasteiger partial charge < -0.3 is 9.47 Å². The molecule has 1 heterocycles. The van der Waals surface area contributed by atoms with Crippen LogP contribution < -0.4 is 4.74 Å². The first-order chi connectivity index (χ1) is 12.1. The Bertz CT molecular complexity index is 792. The van der Waals surface area contributed by atoms with Gasteiger partial charge in [0.1, 0.15) is 11.7 Å². The fraction of sp³-hybridized carbons (Fsp3) is 0.300. The fourth-order valence-corrected chi connectivity index (χ4v) is 4.04. The van der Waals surface area contributed by atoms with E-state index in [1.807, 2.05) is 41.8 Å². The van der Waals surface area contributed by atoms with Gasteiger partial charge in [-0.2, -0.15) is 0 Å². The molecule has 2 atom stereocenters. The molecule has 0 saturated heterocycles. The molecule has 0 amide bonds. The minimum Gasteiger partial charge on any atom is -0.497 e. The number of allylic oxidation sites excluding steroid dienone is 2. The van der Waals surface area contributed by atoms with Crippen molar-refractivity contribution in [3.05, 3.63) is 58.3 Å². The molecule has 0 fully saturated rings. The van der Waals surface area contributed by atoms with Crippen molar-refractivity contribution < 1.29 is 19.1 Å². The van der Waals surface area contributed by atoms with Crippen molar-refractivity contribution in [2.75, 3.05) is 13.7 Å². The second kappa shape index (κ2) is 7.66. The van der Waals surface area contributed by atoms with Crippen LogP contribution in [-0.2, 0) is 14.3 Å². The third kappa shape index (κ3) is 3.66. The third-order valence-electron chi connectivity index (χ3n) is 4.35. The molecule has 1 aromatic carbocycles. The van der Waals surface area contributed by atoms with E-state index >= 15 is 0 Å². The average molecular weight is 356 g/mol. The number of hydrogen-bond donors (Lipinski definition) is 0. The lowest BCUT2D eigenvalue weighted by Gasteiger charge is -2.28. The van der Waals surface area contributed by atoms with Crippen molar-refractivity contribution in [2.45, 2.75) is 19.3 Å². The summed E-state index contributed by atoms with van der Waals surface area (Å²) in [7, 11) is 1.62. The molecule has 0 radical (unpaired) electrons. The van der Waals surface area contributed by atoms with E-state index in [-0.39, 0.29) is 18.3 Å². The molecule has 1 aromatic heterocycles. The van der Waals surface area contributed by atoms with Crippen LogP contribution >= 0.6 is 11.3 Å². The highest BCUT2D eigenvalue weighted by Gasteiger charge is 2.40. The third-order valence-corrected chi connectivity index (χ3v) is 5.36. The molecule has 0 N–H and O–H groups in total. The monoisotopic (exact) mass is 356 g/mol. The van der Waals surface area contributed by atoms with Gasteiger partial charge in [-0.3, -0.25) is 9.59 Å². The molecule has 5 heteroatoms. The van der Waals surface area contributed by atoms with Gasteiger partial charge >= 0.3 is 5.97 Å². The normalized spacial score (nSPS) is 20.1. The number of rotatable bonds is 5. The Morgan fingerprint density at radius 1 is 1.28 bits per heavy atom. The summed E-state index contributed by atoms with van der Waals surface area (Å²) in [5, 5.41) is 1.96. The SMILES string of the molecule is CCOC(=O)[C@H]1C(=O)C=C(c2cccc(OC)c2)C[C@H]1c1cccs1. The van der Waals surface area contributed by atoms with E-state index in [0.29, 0.717) is 6.42 Å². The standard InChI is InChI=1S/C20H20O4S/c1-3-24-20(22)19-16(18-8-5-9-25-18)11-14(12-17(19)21)13-6-4-7-15(10-13)23-2/h4-10,12,16,19H,3,11H2,1-2H3/t16-,19+/m0/s1. The van der Waals surface area contributed by atoms with E-state index in [2.05, 4.69) is 0 Å². The molecule has 3 rings (SSSR count). The lowest BCUT2D eigenvalue weighted by atomic mass is 9.76. The number of methoxy groups -OCH3 is 1. The van der Waals surface area contributed by atoms with Crippen LogP contribution in [0.2, 0.25) is 0 Å². The van der Waals surface area contributed by atoms with Gasteiger partial charge in [-0.05, 0) is 54.1 Å². The maximum absolute atomic E-state index is 12.8. The van der Waals surface area contributed by atoms with Gasteiger partial charge in [0.2, 0.25) is 0 Å². The molecule has 4 nitrogen and oxygen atoms in total. The van der Waals surface area contributed by atoms with Crippen LogP contribution in [0.5, 0.6) is 5.75 Å². The molecule has 0 saturated carbocycles. The Hall–Kier alpha value is -2.40. The number of carbonyl (C=O) groups excluding carboxylic acids is 2. The summed E-state index contributed by atoms with van der Waals surface area (Å²) < 4.78 is 10.4. The maximum atomic E-state index is 12.8. The van der Waals surface area contributed by atoms with Crippen molar-refractivity contribution in [1.82, 2.24) is 0 Å². The highest BCUT2D eigenvalue weighted by atomic mass is 32.1. The highest BCUT2D eigenvalue weighted by molar-refractivity contribution is 7.10. The van der Waals surface area contributed by atoms with Crippen molar-refractivity contribution in [2.24, 2.45) is 5.92 Å². The highest BCUT2D eigenvalue weighted by Crippen LogP contribution is 2.42. The zero-order chi connectivity index (χ0) is 17.8. The first-order valence-electron chi connectivity index (χ1n) is 8.23. The molecule has 130 valence electrons. The second-order valence-electron chi connectivity index (χ2n) is 5.86. The van der Waals surface area contributed by atoms with Crippen LogP contribution in [0.25, 0.3) is 5.57 Å². The van der Waals surface area contributed by atoms with Gasteiger partial charge in [0, 0.05) is 10.8 Å². The van der Waals surface area contributed by atoms with Crippen molar-refractivity contribution in [3.8, 4) is 5.75 Å². The molecule has 0 bridgehead atoms. The summed E-state index contributed by atoms with van der Waals surface area (Å²) in [4.78, 5) is 26.1. The molecule has 1 aliphatic rings. The minimum absolute atomic E-state index is 0.194. The molecule has 25 heavy (non-hydrogen) atoms. The largest absolute Gasteiger partial charge is 0.497 e. The fourth-order valence-electron chi connectivity index (χ4n) is 3.18. The summed E-state index contributed by atoms with van der Waals surface area (Å²) in [5.41, 5.74) is 1.86. The summed E-state index contributed by atoms with van der Waals surface area (Å²) in [5.74, 6) is -0.857. The molecular weight excluding hydrogens is 336 g/mol. The summed E-state index contributed by atoms with van der Waals surface area (Å²) in [6.45, 7) is 2.02. The van der Waals surface area contributed by atoms with E-state index in [1.165, 1.54) is 0 Å². The quantitative estimate of drug-likeness (QED) is 0.598. The van der Waals surface area contributed by atoms with E-state index in [4.69, 9.17) is 9.47 Å². The molecular formula is C20H20O4S. The Morgan fingerprint density at radius 3 is 2.80 bits per heavy atom. The Kier molecular flexibility index (Phi) is 5.34. The average Bonchev–Trinajstić information content (AvgIpc) is 3.15. The minimum atomic E-state index is -0.770. The summed E-state index contributed by atoms with van der Waals surface area (Å²) in [6, 6.07) is 11.6. The summed E-state index contributed by atoms with van der Waals surface area (Å²) >= 11 is 1.56. The van der Waals surface area contributed by atoms with Crippen molar-refractivity contribution in [3.63, 3.8) is 0 Å². The van der Waals surface area contributed by atoms with Crippen LogP contribution in [0.15, 0.2) is 47.9 Å². The van der Waals surface area contributed by atoms with Gasteiger partial charge in [0.15, 0.2) is 5.78 Å². The Balaban J connectivity index is 1.99. The van der Waals surface area contributed by atoms with Gasteiger partial charge in [-0.15, -0.1) is 11.3 Å². The zero-order valence-electron chi connectivity index (χ0n) is 14.2. The Morgan fingerprint density at radius 2 is 2.12 bits per heavy atom. The van der Waals surface area contributed by atoms with E-state index in [0.717, 1.165) is 21.8 Å². The first kappa shape index (κ1) is 17.4. The predicted octanol–water partition coefficient (Wildman–Crippen LogP) is 4.08. The molecule has 0 aliphatic heterocycles. The van der Waals surface area contributed by atoms with Gasteiger partial charge in [0.05, 0.1) is 13.7 Å². The van der Waals surface area contributed by atoms with Crippen LogP contribution in [0.1, 0.15) is 29.7 Å². The molecule has 2 aromatic rings. The lowest BCUT2D eigenvalue weighted by Crippen LogP contribution is -2.33. The molecule has 1 aliphatic carbocycles. The Labute approximate surface area is 151 Å². The second-order valence-corrected chi connectivity index (χ2v) is 6.84. The van der Waals surface area contributed by atoms with Crippen LogP contribution in [0.4, 0.5) is 0 Å². The number of hydrogen-bond acceptors (Lipinski definition) is 5. The molecule has 0 spiro atoms. The predicted molar refractivity (Wildman–Crippen MR) is 97.8 cm³/mol. The van der Waals surface area contributed by atoms with E-state index in [9.17, 15) is 9.59 Å². The zero-order valence-corrected chi connectivity index (χ0v) is 15.0. The number of thiophene rings is 1. The topological polar surface area (TPSA) is 52.6 Å². The van der Waals surface area contributed by atoms with E-state index in [1.54, 1.807) is 31.4 Å². The van der Waals surface area contributed by atoms with E-state index < -0.39 is 11.9 Å². The number of benzene rings is 1. The number of esters is 1. The van der Waals surface area contributed by atoms with Crippen molar-refractivity contribution >= 4 is 28.7 Å². The number of carbonyl (C=O) groups is 2. The number of ether oxygens (including phenoxy) is 2. The van der Waals surface area contributed by atoms with Crippen LogP contribution in [0, 0.1) is 5.92 Å². The maximum Gasteiger partial charge on any atom is 0.317 e. The van der Waals surface area contributed by atoms with Crippen LogP contribution in [0.3, 0.4) is 0 Å². The number of ketones is 1. The van der Waals surface area contributed by atoms with Crippen molar-refractivity contribution in [1.29, 1.82) is 0 Å². The summed E-state index contributed by atoms with van der Waals surface area (Å²) in [6.07, 6.45) is 2.20. The first-order valence-corrected chi connectivity index (χ1v) is 9.11. The molecule has 0 unspecified atom stereocenters. The van der Waals surface area contributed by atoms with Gasteiger partial charge in [-0.25, -0.2) is 0 Å². The van der Waals surface area contributed by atoms with Crippen LogP contribution in [-0.4, -0.2) is 25.5 Å². The lowest BCUT2D eigenvalue weighted by molar-refractivity contribution is -0.151.